The molecule has 0 atom stereocenters. The van der Waals surface area contributed by atoms with E-state index in [1.807, 2.05) is 12.5 Å². The molecule has 0 amide bonds. The van der Waals surface area contributed by atoms with E-state index in [-0.39, 0.29) is 6.42 Å². The molecular weight excluding hydrogens is 232 g/mol. The Labute approximate surface area is 107 Å². The van der Waals surface area contributed by atoms with E-state index in [9.17, 15) is 4.79 Å². The molecule has 0 saturated carbocycles. The van der Waals surface area contributed by atoms with E-state index < -0.39 is 5.97 Å². The first-order valence-electron chi connectivity index (χ1n) is 6.36. The number of hydrogen-bond donors (Lipinski definition) is 1. The first-order valence-corrected chi connectivity index (χ1v) is 6.36. The van der Waals surface area contributed by atoms with E-state index in [1.54, 1.807) is 6.20 Å². The van der Waals surface area contributed by atoms with Crippen molar-refractivity contribution >= 4 is 5.97 Å². The summed E-state index contributed by atoms with van der Waals surface area (Å²) in [6.07, 6.45) is 5.85. The maximum Gasteiger partial charge on any atom is 0.304 e. The molecule has 0 aliphatic carbocycles. The number of aliphatic carboxylic acids is 1. The Morgan fingerprint density at radius 1 is 1.11 bits per heavy atom. The van der Waals surface area contributed by atoms with Crippen LogP contribution in [0.5, 0.6) is 0 Å². The van der Waals surface area contributed by atoms with Gasteiger partial charge in [-0.2, -0.15) is 0 Å². The van der Waals surface area contributed by atoms with Crippen LogP contribution in [0, 0.1) is 0 Å². The molecule has 18 heavy (non-hydrogen) atoms. The number of rotatable bonds is 6. The van der Waals surface area contributed by atoms with Gasteiger partial charge in [0.1, 0.15) is 0 Å². The molecule has 1 saturated heterocycles. The lowest BCUT2D eigenvalue weighted by Gasteiger charge is -2.34. The third-order valence-corrected chi connectivity index (χ3v) is 3.34. The molecule has 0 bridgehead atoms. The van der Waals surface area contributed by atoms with Gasteiger partial charge in [-0.3, -0.25) is 9.69 Å². The number of carbonyl (C=O) groups is 1. The zero-order valence-corrected chi connectivity index (χ0v) is 10.5. The van der Waals surface area contributed by atoms with Crippen LogP contribution >= 0.6 is 0 Å². The lowest BCUT2D eigenvalue weighted by Crippen LogP contribution is -2.47. The molecule has 1 aliphatic heterocycles. The summed E-state index contributed by atoms with van der Waals surface area (Å²) in [5.74, 6) is -0.711. The maximum absolute atomic E-state index is 10.5. The molecule has 100 valence electrons. The Bertz CT molecular complexity index is 358. The predicted molar refractivity (Wildman–Crippen MR) is 67.4 cm³/mol. The van der Waals surface area contributed by atoms with Crippen molar-refractivity contribution in [1.82, 2.24) is 19.4 Å². The van der Waals surface area contributed by atoms with Crippen LogP contribution in [0.3, 0.4) is 0 Å². The highest BCUT2D eigenvalue weighted by atomic mass is 16.4. The molecule has 0 unspecified atom stereocenters. The molecule has 6 heteroatoms. The minimum atomic E-state index is -0.711. The summed E-state index contributed by atoms with van der Waals surface area (Å²) in [6, 6.07) is 0. The third kappa shape index (κ3) is 4.12. The molecule has 0 radical (unpaired) electrons. The van der Waals surface area contributed by atoms with Crippen LogP contribution in [-0.4, -0.2) is 69.7 Å². The molecule has 1 fully saturated rings. The van der Waals surface area contributed by atoms with Crippen LogP contribution in [0.4, 0.5) is 0 Å². The molecule has 1 aromatic rings. The highest BCUT2D eigenvalue weighted by Gasteiger charge is 2.16. The van der Waals surface area contributed by atoms with Crippen LogP contribution in [0.1, 0.15) is 6.42 Å². The van der Waals surface area contributed by atoms with E-state index in [0.29, 0.717) is 6.54 Å². The maximum atomic E-state index is 10.5. The zero-order chi connectivity index (χ0) is 12.8. The fourth-order valence-electron chi connectivity index (χ4n) is 2.17. The molecule has 2 rings (SSSR count). The lowest BCUT2D eigenvalue weighted by molar-refractivity contribution is -0.137. The predicted octanol–water partition coefficient (Wildman–Crippen LogP) is -0.0246. The molecule has 6 nitrogen and oxygen atoms in total. The normalized spacial score (nSPS) is 18.0. The van der Waals surface area contributed by atoms with Gasteiger partial charge in [-0.25, -0.2) is 4.98 Å². The van der Waals surface area contributed by atoms with Crippen molar-refractivity contribution in [2.75, 3.05) is 39.3 Å². The largest absolute Gasteiger partial charge is 0.481 e. The number of nitrogens with zero attached hydrogens (tertiary/aromatic N) is 4. The standard InChI is InChI=1S/C12H20N4O2/c17-12(18)1-3-14-5-7-15(8-6-14)9-10-16-4-2-13-11-16/h2,4,11H,1,3,5-10H2,(H,17,18). The summed E-state index contributed by atoms with van der Waals surface area (Å²) < 4.78 is 2.08. The van der Waals surface area contributed by atoms with Crippen LogP contribution in [0.15, 0.2) is 18.7 Å². The van der Waals surface area contributed by atoms with Crippen LogP contribution < -0.4 is 0 Å². The number of aromatic nitrogens is 2. The van der Waals surface area contributed by atoms with E-state index in [4.69, 9.17) is 5.11 Å². The molecule has 1 aromatic heterocycles. The number of carboxylic acids is 1. The average molecular weight is 252 g/mol. The minimum absolute atomic E-state index is 0.245. The highest BCUT2D eigenvalue weighted by molar-refractivity contribution is 5.66. The van der Waals surface area contributed by atoms with Gasteiger partial charge in [-0.1, -0.05) is 0 Å². The quantitative estimate of drug-likeness (QED) is 0.770. The van der Waals surface area contributed by atoms with E-state index in [1.165, 1.54) is 0 Å². The van der Waals surface area contributed by atoms with E-state index in [2.05, 4.69) is 19.4 Å². The van der Waals surface area contributed by atoms with Crippen molar-refractivity contribution < 1.29 is 9.90 Å². The number of carboxylic acid groups (broad SMARTS) is 1. The molecule has 0 aromatic carbocycles. The Balaban J connectivity index is 1.62. The fraction of sp³-hybridized carbons (Fsp3) is 0.667. The van der Waals surface area contributed by atoms with Gasteiger partial charge < -0.3 is 14.6 Å². The second-order valence-corrected chi connectivity index (χ2v) is 4.63. The SMILES string of the molecule is O=C(O)CCN1CCN(CCn2ccnc2)CC1. The van der Waals surface area contributed by atoms with Crippen molar-refractivity contribution in [2.45, 2.75) is 13.0 Å². The van der Waals surface area contributed by atoms with Gasteiger partial charge in [0.15, 0.2) is 0 Å². The monoisotopic (exact) mass is 252 g/mol. The number of hydrogen-bond acceptors (Lipinski definition) is 4. The van der Waals surface area contributed by atoms with Gasteiger partial charge in [0.05, 0.1) is 12.7 Å². The smallest absolute Gasteiger partial charge is 0.304 e. The molecule has 1 N–H and O–H groups in total. The molecule has 0 spiro atoms. The van der Waals surface area contributed by atoms with Gasteiger partial charge in [-0.15, -0.1) is 0 Å². The number of imidazole rings is 1. The van der Waals surface area contributed by atoms with Crippen LogP contribution in [0.2, 0.25) is 0 Å². The second-order valence-electron chi connectivity index (χ2n) is 4.63. The zero-order valence-electron chi connectivity index (χ0n) is 10.5. The first kappa shape index (κ1) is 13.0. The van der Waals surface area contributed by atoms with Gasteiger partial charge in [-0.05, 0) is 0 Å². The van der Waals surface area contributed by atoms with Crippen molar-refractivity contribution in [3.05, 3.63) is 18.7 Å². The van der Waals surface area contributed by atoms with Crippen molar-refractivity contribution in [2.24, 2.45) is 0 Å². The Morgan fingerprint density at radius 2 is 1.78 bits per heavy atom. The van der Waals surface area contributed by atoms with Crippen molar-refractivity contribution in [1.29, 1.82) is 0 Å². The van der Waals surface area contributed by atoms with Crippen LogP contribution in [0.25, 0.3) is 0 Å². The average Bonchev–Trinajstić information content (AvgIpc) is 2.88. The summed E-state index contributed by atoms with van der Waals surface area (Å²) in [4.78, 5) is 19.2. The lowest BCUT2D eigenvalue weighted by atomic mass is 10.3. The summed E-state index contributed by atoms with van der Waals surface area (Å²) in [7, 11) is 0. The van der Waals surface area contributed by atoms with E-state index >= 15 is 0 Å². The van der Waals surface area contributed by atoms with E-state index in [0.717, 1.165) is 39.3 Å². The first-order chi connectivity index (χ1) is 8.74. The van der Waals surface area contributed by atoms with Gasteiger partial charge in [0, 0.05) is 58.2 Å². The number of piperazine rings is 1. The third-order valence-electron chi connectivity index (χ3n) is 3.34. The Hall–Kier alpha value is -1.40. The second kappa shape index (κ2) is 6.51. The summed E-state index contributed by atoms with van der Waals surface area (Å²) in [5.41, 5.74) is 0. The van der Waals surface area contributed by atoms with Crippen LogP contribution in [-0.2, 0) is 11.3 Å². The molecular formula is C12H20N4O2. The highest BCUT2D eigenvalue weighted by Crippen LogP contribution is 2.03. The minimum Gasteiger partial charge on any atom is -0.481 e. The summed E-state index contributed by atoms with van der Waals surface area (Å²) in [5, 5.41) is 8.64. The van der Waals surface area contributed by atoms with Gasteiger partial charge in [0.2, 0.25) is 0 Å². The summed E-state index contributed by atoms with van der Waals surface area (Å²) in [6.45, 7) is 6.65. The van der Waals surface area contributed by atoms with Crippen molar-refractivity contribution in [3.8, 4) is 0 Å². The molecule has 2 heterocycles. The Kier molecular flexibility index (Phi) is 4.72. The molecule has 1 aliphatic rings. The summed E-state index contributed by atoms with van der Waals surface area (Å²) >= 11 is 0. The van der Waals surface area contributed by atoms with Crippen molar-refractivity contribution in [3.63, 3.8) is 0 Å². The van der Waals surface area contributed by atoms with Gasteiger partial charge >= 0.3 is 5.97 Å². The topological polar surface area (TPSA) is 61.6 Å². The fourth-order valence-corrected chi connectivity index (χ4v) is 2.17. The van der Waals surface area contributed by atoms with Gasteiger partial charge in [0.25, 0.3) is 0 Å². The Morgan fingerprint density at radius 3 is 2.33 bits per heavy atom.